The molecule has 8 heavy (non-hydrogen) atoms. The maximum Gasteiger partial charge on any atom is 0.137 e. The molecule has 1 saturated carbocycles. The third-order valence-electron chi connectivity index (χ3n) is 1.54. The van der Waals surface area contributed by atoms with Gasteiger partial charge in [0.15, 0.2) is 0 Å². The maximum absolute atomic E-state index is 9.95. The third kappa shape index (κ3) is 0.877. The normalized spacial score (nSPS) is 38.8. The predicted molar refractivity (Wildman–Crippen MR) is 30.1 cm³/mol. The van der Waals surface area contributed by atoms with Gasteiger partial charge in [-0.1, -0.05) is 0 Å². The Labute approximate surface area is 48.0 Å². The largest absolute Gasteiger partial charge is 0.327 e. The van der Waals surface area contributed by atoms with Crippen molar-refractivity contribution in [1.29, 1.82) is 0 Å². The highest BCUT2D eigenvalue weighted by Gasteiger charge is 2.38. The Balaban J connectivity index is 2.27. The van der Waals surface area contributed by atoms with Gasteiger partial charge in [0.2, 0.25) is 0 Å². The van der Waals surface area contributed by atoms with Crippen LogP contribution in [0.4, 0.5) is 0 Å². The van der Waals surface area contributed by atoms with E-state index in [1.54, 1.807) is 0 Å². The second-order valence-electron chi connectivity index (χ2n) is 2.28. The van der Waals surface area contributed by atoms with Crippen LogP contribution >= 0.6 is 0 Å². The molecular formula is C5H10N2O. The fourth-order valence-electron chi connectivity index (χ4n) is 0.779. The molecule has 1 fully saturated rings. The van der Waals surface area contributed by atoms with Crippen LogP contribution in [0.3, 0.4) is 0 Å². The molecule has 0 aromatic rings. The van der Waals surface area contributed by atoms with E-state index in [2.05, 4.69) is 0 Å². The van der Waals surface area contributed by atoms with Crippen molar-refractivity contribution in [3.63, 3.8) is 0 Å². The van der Waals surface area contributed by atoms with Crippen LogP contribution in [0.25, 0.3) is 0 Å². The molecule has 0 spiro atoms. The van der Waals surface area contributed by atoms with E-state index < -0.39 is 0 Å². The minimum atomic E-state index is -0.315. The average molecular weight is 114 g/mol. The molecule has 0 aliphatic heterocycles. The number of aldehydes is 1. The number of nitrogens with two attached hydrogens (primary N) is 2. The van der Waals surface area contributed by atoms with Crippen LogP contribution in [0.2, 0.25) is 0 Å². The molecule has 1 rings (SSSR count). The number of carbonyl (C=O) groups is 1. The standard InChI is InChI=1S/C5H10N2O/c6-4-1-3(4)5(7)2-8/h2-5H,1,6-7H2. The first-order valence-electron chi connectivity index (χ1n) is 2.72. The van der Waals surface area contributed by atoms with Crippen molar-refractivity contribution in [2.45, 2.75) is 18.5 Å². The first-order valence-corrected chi connectivity index (χ1v) is 2.72. The van der Waals surface area contributed by atoms with Gasteiger partial charge in [0.05, 0.1) is 6.04 Å². The first-order chi connectivity index (χ1) is 3.75. The van der Waals surface area contributed by atoms with Crippen LogP contribution in [0, 0.1) is 5.92 Å². The molecular weight excluding hydrogens is 104 g/mol. The second-order valence-corrected chi connectivity index (χ2v) is 2.28. The number of hydrogen-bond acceptors (Lipinski definition) is 3. The lowest BCUT2D eigenvalue weighted by Gasteiger charge is -1.96. The molecule has 46 valence electrons. The first kappa shape index (κ1) is 5.72. The summed E-state index contributed by atoms with van der Waals surface area (Å²) in [6, 6.07) is -0.125. The van der Waals surface area contributed by atoms with Crippen molar-refractivity contribution >= 4 is 6.29 Å². The summed E-state index contributed by atoms with van der Waals surface area (Å²) in [6.45, 7) is 0. The van der Waals surface area contributed by atoms with Crippen molar-refractivity contribution in [1.82, 2.24) is 0 Å². The van der Waals surface area contributed by atoms with Crippen LogP contribution < -0.4 is 11.5 Å². The van der Waals surface area contributed by atoms with Crippen LogP contribution in [-0.4, -0.2) is 18.4 Å². The smallest absolute Gasteiger partial charge is 0.137 e. The molecule has 3 unspecified atom stereocenters. The molecule has 0 saturated heterocycles. The van der Waals surface area contributed by atoms with Gasteiger partial charge in [-0.2, -0.15) is 0 Å². The molecule has 1 aliphatic carbocycles. The minimum Gasteiger partial charge on any atom is -0.327 e. The fraction of sp³-hybridized carbons (Fsp3) is 0.800. The zero-order chi connectivity index (χ0) is 6.15. The van der Waals surface area contributed by atoms with Gasteiger partial charge in [-0.25, -0.2) is 0 Å². The number of carbonyl (C=O) groups excluding carboxylic acids is 1. The van der Waals surface area contributed by atoms with Crippen LogP contribution in [-0.2, 0) is 4.79 Å². The summed E-state index contributed by atoms with van der Waals surface area (Å²) >= 11 is 0. The summed E-state index contributed by atoms with van der Waals surface area (Å²) in [6.07, 6.45) is 1.68. The molecule has 3 heteroatoms. The number of rotatable bonds is 2. The average Bonchev–Trinajstić information content (AvgIpc) is 2.45. The van der Waals surface area contributed by atoms with Crippen LogP contribution in [0.15, 0.2) is 0 Å². The van der Waals surface area contributed by atoms with E-state index in [4.69, 9.17) is 11.5 Å². The summed E-state index contributed by atoms with van der Waals surface area (Å²) in [5.74, 6) is 0.271. The quantitative estimate of drug-likeness (QED) is 0.446. The van der Waals surface area contributed by atoms with Gasteiger partial charge in [-0.05, 0) is 12.3 Å². The molecule has 4 N–H and O–H groups in total. The van der Waals surface area contributed by atoms with Gasteiger partial charge in [0, 0.05) is 6.04 Å². The van der Waals surface area contributed by atoms with E-state index in [9.17, 15) is 4.79 Å². The molecule has 0 aromatic heterocycles. The van der Waals surface area contributed by atoms with E-state index in [1.807, 2.05) is 0 Å². The van der Waals surface area contributed by atoms with Gasteiger partial charge in [0.1, 0.15) is 6.29 Å². The molecule has 0 aromatic carbocycles. The summed E-state index contributed by atoms with van der Waals surface area (Å²) in [7, 11) is 0. The Hall–Kier alpha value is -0.410. The zero-order valence-electron chi connectivity index (χ0n) is 4.58. The summed E-state index contributed by atoms with van der Waals surface area (Å²) in [5.41, 5.74) is 10.7. The molecule has 0 bridgehead atoms. The maximum atomic E-state index is 9.95. The minimum absolute atomic E-state index is 0.190. The summed E-state index contributed by atoms with van der Waals surface area (Å²) in [5, 5.41) is 0. The van der Waals surface area contributed by atoms with E-state index in [0.717, 1.165) is 12.7 Å². The predicted octanol–water partition coefficient (Wildman–Crippen LogP) is -1.14. The van der Waals surface area contributed by atoms with E-state index in [1.165, 1.54) is 0 Å². The zero-order valence-corrected chi connectivity index (χ0v) is 4.58. The van der Waals surface area contributed by atoms with Crippen molar-refractivity contribution in [3.8, 4) is 0 Å². The Kier molecular flexibility index (Phi) is 1.31. The monoisotopic (exact) mass is 114 g/mol. The second kappa shape index (κ2) is 1.84. The van der Waals surface area contributed by atoms with Gasteiger partial charge in [0.25, 0.3) is 0 Å². The topological polar surface area (TPSA) is 69.1 Å². The highest BCUT2D eigenvalue weighted by atomic mass is 16.1. The van der Waals surface area contributed by atoms with Gasteiger partial charge >= 0.3 is 0 Å². The SMILES string of the molecule is NC(C=O)C1CC1N. The van der Waals surface area contributed by atoms with E-state index >= 15 is 0 Å². The van der Waals surface area contributed by atoms with Gasteiger partial charge < -0.3 is 16.3 Å². The van der Waals surface area contributed by atoms with Gasteiger partial charge in [-0.3, -0.25) is 0 Å². The fourth-order valence-corrected chi connectivity index (χ4v) is 0.779. The lowest BCUT2D eigenvalue weighted by atomic mass is 10.2. The van der Waals surface area contributed by atoms with Crippen molar-refractivity contribution in [2.75, 3.05) is 0 Å². The Morgan fingerprint density at radius 1 is 1.75 bits per heavy atom. The Morgan fingerprint density at radius 2 is 2.25 bits per heavy atom. The van der Waals surface area contributed by atoms with Crippen molar-refractivity contribution in [2.24, 2.45) is 17.4 Å². The summed E-state index contributed by atoms with van der Waals surface area (Å²) < 4.78 is 0. The highest BCUT2D eigenvalue weighted by molar-refractivity contribution is 5.58. The third-order valence-corrected chi connectivity index (χ3v) is 1.54. The van der Waals surface area contributed by atoms with E-state index in [0.29, 0.717) is 0 Å². The lowest BCUT2D eigenvalue weighted by molar-refractivity contribution is -0.109. The summed E-state index contributed by atoms with van der Waals surface area (Å²) in [4.78, 5) is 9.95. The van der Waals surface area contributed by atoms with Crippen molar-refractivity contribution < 1.29 is 4.79 Å². The molecule has 3 atom stereocenters. The Bertz CT molecular complexity index is 105. The van der Waals surface area contributed by atoms with E-state index in [-0.39, 0.29) is 18.0 Å². The van der Waals surface area contributed by atoms with Crippen LogP contribution in [0.5, 0.6) is 0 Å². The molecule has 0 heterocycles. The number of hydrogen-bond donors (Lipinski definition) is 2. The van der Waals surface area contributed by atoms with Gasteiger partial charge in [-0.15, -0.1) is 0 Å². The molecule has 0 radical (unpaired) electrons. The molecule has 0 amide bonds. The Morgan fingerprint density at radius 3 is 2.38 bits per heavy atom. The van der Waals surface area contributed by atoms with Crippen LogP contribution in [0.1, 0.15) is 6.42 Å². The molecule has 1 aliphatic rings. The van der Waals surface area contributed by atoms with Crippen molar-refractivity contribution in [3.05, 3.63) is 0 Å². The lowest BCUT2D eigenvalue weighted by Crippen LogP contribution is -2.27. The highest BCUT2D eigenvalue weighted by Crippen LogP contribution is 2.29. The molecule has 3 nitrogen and oxygen atoms in total.